The average Bonchev–Trinajstić information content (AvgIpc) is 2.70. The number of hydrogen-bond donors (Lipinski definition) is 1. The number of nitrogens with zero attached hydrogens (tertiary/aromatic N) is 3. The molecule has 7 nitrogen and oxygen atoms in total. The third-order valence-corrected chi connectivity index (χ3v) is 6.10. The number of carbonyl (C=O) groups is 1. The van der Waals surface area contributed by atoms with Crippen LogP contribution in [0, 0.1) is 30.6 Å². The first-order valence-corrected chi connectivity index (χ1v) is 7.61. The van der Waals surface area contributed by atoms with Gasteiger partial charge in [0.05, 0.1) is 11.6 Å². The number of halogens is 1. The van der Waals surface area contributed by atoms with Crippen molar-refractivity contribution >= 4 is 16.0 Å². The van der Waals surface area contributed by atoms with Crippen LogP contribution in [0.2, 0.25) is 0 Å². The van der Waals surface area contributed by atoms with E-state index in [1.165, 1.54) is 14.0 Å². The Morgan fingerprint density at radius 3 is 2.35 bits per heavy atom. The molecule has 1 saturated heterocycles. The highest BCUT2D eigenvalue weighted by Gasteiger charge is 2.62. The van der Waals surface area contributed by atoms with Gasteiger partial charge in [-0.25, -0.2) is 13.1 Å². The van der Waals surface area contributed by atoms with Crippen molar-refractivity contribution in [3.05, 3.63) is 11.6 Å². The van der Waals surface area contributed by atoms with Gasteiger partial charge in [0.15, 0.2) is 4.90 Å². The van der Waals surface area contributed by atoms with E-state index in [0.717, 1.165) is 8.99 Å². The first kappa shape index (κ1) is 13.5. The molecule has 0 radical (unpaired) electrons. The maximum Gasteiger partial charge on any atom is 0.307 e. The Kier molecular flexibility index (Phi) is 2.71. The van der Waals surface area contributed by atoms with Crippen molar-refractivity contribution in [3.63, 3.8) is 0 Å². The molecule has 1 aliphatic carbocycles. The Bertz CT molecular complexity index is 687. The van der Waals surface area contributed by atoms with Crippen LogP contribution in [0.4, 0.5) is 4.39 Å². The summed E-state index contributed by atoms with van der Waals surface area (Å²) in [4.78, 5) is 10.5. The number of rotatable bonds is 3. The van der Waals surface area contributed by atoms with Crippen molar-refractivity contribution in [2.75, 3.05) is 13.1 Å². The van der Waals surface area contributed by atoms with E-state index >= 15 is 0 Å². The largest absolute Gasteiger partial charge is 0.481 e. The molecule has 9 heteroatoms. The molecule has 0 unspecified atom stereocenters. The van der Waals surface area contributed by atoms with Crippen molar-refractivity contribution in [1.29, 1.82) is 0 Å². The predicted octanol–water partition coefficient (Wildman–Crippen LogP) is -0.181. The van der Waals surface area contributed by atoms with Crippen molar-refractivity contribution < 1.29 is 22.7 Å². The fraction of sp³-hybridized carbons (Fsp3) is 0.636. The molecule has 0 aromatic carbocycles. The minimum Gasteiger partial charge on any atom is -0.481 e. The summed E-state index contributed by atoms with van der Waals surface area (Å²) in [7, 11) is -2.61. The van der Waals surface area contributed by atoms with E-state index in [9.17, 15) is 17.6 Å². The molecule has 1 aliphatic heterocycles. The number of carboxylic acid groups (broad SMARTS) is 1. The molecule has 0 bridgehead atoms. The number of carboxylic acids is 1. The molecule has 2 aliphatic rings. The molecule has 1 aromatic rings. The lowest BCUT2D eigenvalue weighted by molar-refractivity contribution is -0.139. The second kappa shape index (κ2) is 4.01. The topological polar surface area (TPSA) is 92.5 Å². The van der Waals surface area contributed by atoms with Crippen LogP contribution >= 0.6 is 0 Å². The van der Waals surface area contributed by atoms with Crippen LogP contribution in [0.25, 0.3) is 0 Å². The van der Waals surface area contributed by atoms with E-state index in [-0.39, 0.29) is 30.6 Å². The number of piperidine rings is 1. The molecule has 1 aromatic heterocycles. The van der Waals surface area contributed by atoms with E-state index in [4.69, 9.17) is 5.11 Å². The number of aromatic nitrogens is 2. The third kappa shape index (κ3) is 1.69. The van der Waals surface area contributed by atoms with E-state index in [0.29, 0.717) is 0 Å². The van der Waals surface area contributed by atoms with E-state index in [2.05, 4.69) is 5.10 Å². The van der Waals surface area contributed by atoms with E-state index in [1.807, 2.05) is 0 Å². The maximum atomic E-state index is 13.9. The van der Waals surface area contributed by atoms with Crippen LogP contribution in [0.3, 0.4) is 0 Å². The first-order valence-electron chi connectivity index (χ1n) is 6.17. The Labute approximate surface area is 115 Å². The Hall–Kier alpha value is -1.48. The molecule has 3 rings (SSSR count). The zero-order valence-electron chi connectivity index (χ0n) is 10.9. The van der Waals surface area contributed by atoms with Crippen LogP contribution in [0.15, 0.2) is 4.90 Å². The van der Waals surface area contributed by atoms with Crippen LogP contribution in [-0.2, 0) is 21.9 Å². The lowest BCUT2D eigenvalue weighted by Crippen LogP contribution is -2.33. The SMILES string of the molecule is Cc1nn(C)c(F)c1S(=O)(=O)N1C[C@H]2C(C(=O)O)[C@@H]2C1. The fourth-order valence-corrected chi connectivity index (χ4v) is 4.84. The molecule has 20 heavy (non-hydrogen) atoms. The summed E-state index contributed by atoms with van der Waals surface area (Å²) >= 11 is 0. The van der Waals surface area contributed by atoms with Crippen LogP contribution in [0.5, 0.6) is 0 Å². The fourth-order valence-electron chi connectivity index (χ4n) is 3.08. The van der Waals surface area contributed by atoms with Crippen LogP contribution in [-0.4, -0.2) is 46.7 Å². The summed E-state index contributed by atoms with van der Waals surface area (Å²) in [5.74, 6) is -2.54. The molecule has 1 saturated carbocycles. The molecular formula is C11H14FN3O4S. The van der Waals surface area contributed by atoms with Crippen LogP contribution in [0.1, 0.15) is 5.69 Å². The molecule has 2 fully saturated rings. The second-order valence-electron chi connectivity index (χ2n) is 5.34. The second-order valence-corrected chi connectivity index (χ2v) is 7.22. The highest BCUT2D eigenvalue weighted by atomic mass is 32.2. The van der Waals surface area contributed by atoms with Gasteiger partial charge in [-0.1, -0.05) is 0 Å². The molecule has 2 heterocycles. The summed E-state index contributed by atoms with van der Waals surface area (Å²) in [5, 5.41) is 12.7. The lowest BCUT2D eigenvalue weighted by Gasteiger charge is -2.18. The smallest absolute Gasteiger partial charge is 0.307 e. The maximum absolute atomic E-state index is 13.9. The third-order valence-electron chi connectivity index (χ3n) is 4.14. The number of sulfonamides is 1. The zero-order chi connectivity index (χ0) is 14.8. The summed E-state index contributed by atoms with van der Waals surface area (Å²) in [5.41, 5.74) is 0.111. The normalized spacial score (nSPS) is 29.4. The Balaban J connectivity index is 1.87. The minimum atomic E-state index is -3.95. The van der Waals surface area contributed by atoms with Crippen molar-refractivity contribution in [2.45, 2.75) is 11.8 Å². The first-order chi connectivity index (χ1) is 9.25. The van der Waals surface area contributed by atoms with Gasteiger partial charge in [-0.3, -0.25) is 4.79 Å². The molecule has 2 atom stereocenters. The molecular weight excluding hydrogens is 289 g/mol. The molecule has 0 spiro atoms. The van der Waals surface area contributed by atoms with Gasteiger partial charge in [-0.2, -0.15) is 13.8 Å². The number of aliphatic carboxylic acids is 1. The average molecular weight is 303 g/mol. The van der Waals surface area contributed by atoms with Gasteiger partial charge in [-0.05, 0) is 18.8 Å². The number of fused-ring (bicyclic) bond motifs is 1. The minimum absolute atomic E-state index is 0.111. The highest BCUT2D eigenvalue weighted by molar-refractivity contribution is 7.89. The highest BCUT2D eigenvalue weighted by Crippen LogP contribution is 2.52. The van der Waals surface area contributed by atoms with Gasteiger partial charge in [0.2, 0.25) is 16.0 Å². The Morgan fingerprint density at radius 2 is 1.95 bits per heavy atom. The lowest BCUT2D eigenvalue weighted by atomic mass is 10.3. The Morgan fingerprint density at radius 1 is 1.40 bits per heavy atom. The van der Waals surface area contributed by atoms with Gasteiger partial charge in [0.1, 0.15) is 0 Å². The summed E-state index contributed by atoms with van der Waals surface area (Å²) < 4.78 is 40.8. The van der Waals surface area contributed by atoms with Gasteiger partial charge >= 0.3 is 5.97 Å². The van der Waals surface area contributed by atoms with Gasteiger partial charge in [0, 0.05) is 20.1 Å². The summed E-state index contributed by atoms with van der Waals surface area (Å²) in [6.45, 7) is 1.71. The summed E-state index contributed by atoms with van der Waals surface area (Å²) in [6.07, 6.45) is 0. The van der Waals surface area contributed by atoms with Crippen molar-refractivity contribution in [3.8, 4) is 0 Å². The van der Waals surface area contributed by atoms with Gasteiger partial charge in [-0.15, -0.1) is 0 Å². The van der Waals surface area contributed by atoms with Gasteiger partial charge in [0.25, 0.3) is 0 Å². The number of hydrogen-bond acceptors (Lipinski definition) is 4. The molecule has 1 N–H and O–H groups in total. The number of aryl methyl sites for hydroxylation is 2. The summed E-state index contributed by atoms with van der Waals surface area (Å²) in [6, 6.07) is 0. The van der Waals surface area contributed by atoms with Gasteiger partial charge < -0.3 is 5.11 Å². The quantitative estimate of drug-likeness (QED) is 0.836. The standard InChI is InChI=1S/C11H14FN3O4S/c1-5-9(10(12)14(2)13-5)20(18,19)15-3-6-7(4-15)8(6)11(16)17/h6-8H,3-4H2,1-2H3,(H,16,17)/t6-,7-/m1/s1. The van der Waals surface area contributed by atoms with Crippen LogP contribution < -0.4 is 0 Å². The predicted molar refractivity (Wildman–Crippen MR) is 64.8 cm³/mol. The van der Waals surface area contributed by atoms with E-state index < -0.39 is 32.8 Å². The van der Waals surface area contributed by atoms with Crippen molar-refractivity contribution in [2.24, 2.45) is 24.8 Å². The van der Waals surface area contributed by atoms with Crippen molar-refractivity contribution in [1.82, 2.24) is 14.1 Å². The monoisotopic (exact) mass is 303 g/mol. The zero-order valence-corrected chi connectivity index (χ0v) is 11.8. The molecule has 110 valence electrons. The van der Waals surface area contributed by atoms with E-state index in [1.54, 1.807) is 0 Å². The molecule has 0 amide bonds.